The summed E-state index contributed by atoms with van der Waals surface area (Å²) in [6.07, 6.45) is 4.69. The molecule has 0 N–H and O–H groups in total. The molecule has 2 atom stereocenters. The molecule has 0 aromatic carbocycles. The fourth-order valence-corrected chi connectivity index (χ4v) is 2.57. The summed E-state index contributed by atoms with van der Waals surface area (Å²) in [5.74, 6) is 0. The monoisotopic (exact) mass is 194 g/mol. The molecule has 2 aliphatic carbocycles. The first-order valence-corrected chi connectivity index (χ1v) is 5.28. The van der Waals surface area contributed by atoms with Crippen LogP contribution in [0.25, 0.3) is 11.1 Å². The Bertz CT molecular complexity index is 541. The second-order valence-corrected chi connectivity index (χ2v) is 4.19. The Morgan fingerprint density at radius 2 is 1.60 bits per heavy atom. The van der Waals surface area contributed by atoms with E-state index in [1.54, 1.807) is 0 Å². The zero-order valence-electron chi connectivity index (χ0n) is 8.18. The number of ether oxygens (including phenoxy) is 1. The summed E-state index contributed by atoms with van der Waals surface area (Å²) in [4.78, 5) is 0. The zero-order valence-corrected chi connectivity index (χ0v) is 8.18. The van der Waals surface area contributed by atoms with Crippen LogP contribution < -0.4 is 0 Å². The van der Waals surface area contributed by atoms with E-state index in [0.717, 1.165) is 0 Å². The van der Waals surface area contributed by atoms with Gasteiger partial charge in [-0.25, -0.2) is 0 Å². The van der Waals surface area contributed by atoms with Gasteiger partial charge in [0.2, 0.25) is 0 Å². The van der Waals surface area contributed by atoms with E-state index in [9.17, 15) is 0 Å². The quantitative estimate of drug-likeness (QED) is 0.583. The number of rotatable bonds is 0. The predicted molar refractivity (Wildman–Crippen MR) is 58.8 cm³/mol. The first kappa shape index (κ1) is 7.66. The molecule has 2 bridgehead atoms. The van der Waals surface area contributed by atoms with Crippen molar-refractivity contribution in [2.24, 2.45) is 0 Å². The lowest BCUT2D eigenvalue weighted by atomic mass is 9.99. The summed E-state index contributed by atoms with van der Waals surface area (Å²) >= 11 is 0. The van der Waals surface area contributed by atoms with E-state index < -0.39 is 0 Å². The van der Waals surface area contributed by atoms with E-state index in [1.165, 1.54) is 22.3 Å². The van der Waals surface area contributed by atoms with Gasteiger partial charge in [0.25, 0.3) is 0 Å². The molecule has 1 nitrogen and oxygen atoms in total. The van der Waals surface area contributed by atoms with Crippen LogP contribution in [-0.2, 0) is 4.74 Å². The molecule has 0 amide bonds. The minimum atomic E-state index is 0.190. The van der Waals surface area contributed by atoms with Crippen molar-refractivity contribution in [3.8, 4) is 11.1 Å². The molecular weight excluding hydrogens is 184 g/mol. The van der Waals surface area contributed by atoms with Crippen LogP contribution in [-0.4, -0.2) is 0 Å². The van der Waals surface area contributed by atoms with Crippen molar-refractivity contribution in [2.45, 2.75) is 12.2 Å². The second-order valence-electron chi connectivity index (χ2n) is 4.19. The van der Waals surface area contributed by atoms with Crippen molar-refractivity contribution in [2.75, 3.05) is 0 Å². The van der Waals surface area contributed by atoms with Crippen molar-refractivity contribution in [1.82, 2.24) is 0 Å². The average molecular weight is 194 g/mol. The standard InChI is InChI=1S/C14H10O/c1-2-9-4-5-11-12(8-10(9)3-1)14-7-6-13(11)15-14/h1-8,13-14H/t13-,14+/m1/s1. The van der Waals surface area contributed by atoms with Crippen LogP contribution in [0.4, 0.5) is 0 Å². The third kappa shape index (κ3) is 0.910. The van der Waals surface area contributed by atoms with Crippen molar-refractivity contribution >= 4 is 0 Å². The maximum absolute atomic E-state index is 5.80. The van der Waals surface area contributed by atoms with Crippen LogP contribution in [0.5, 0.6) is 0 Å². The van der Waals surface area contributed by atoms with Crippen LogP contribution in [0, 0.1) is 0 Å². The minimum Gasteiger partial charge on any atom is -0.357 e. The summed E-state index contributed by atoms with van der Waals surface area (Å²) in [5, 5.41) is 0. The van der Waals surface area contributed by atoms with Gasteiger partial charge in [-0.15, -0.1) is 0 Å². The van der Waals surface area contributed by atoms with Gasteiger partial charge in [0, 0.05) is 0 Å². The van der Waals surface area contributed by atoms with E-state index >= 15 is 0 Å². The highest BCUT2D eigenvalue weighted by Gasteiger charge is 2.33. The summed E-state index contributed by atoms with van der Waals surface area (Å²) in [7, 11) is 0. The van der Waals surface area contributed by atoms with Crippen molar-refractivity contribution in [1.29, 1.82) is 0 Å². The summed E-state index contributed by atoms with van der Waals surface area (Å²) in [5.41, 5.74) is 5.28. The molecule has 2 heterocycles. The van der Waals surface area contributed by atoms with E-state index in [2.05, 4.69) is 48.6 Å². The average Bonchev–Trinajstić information content (AvgIpc) is 2.91. The third-order valence-electron chi connectivity index (χ3n) is 3.34. The van der Waals surface area contributed by atoms with Crippen molar-refractivity contribution in [3.63, 3.8) is 0 Å². The van der Waals surface area contributed by atoms with Gasteiger partial charge in [-0.3, -0.25) is 0 Å². The van der Waals surface area contributed by atoms with Gasteiger partial charge in [0.15, 0.2) is 0 Å². The predicted octanol–water partition coefficient (Wildman–Crippen LogP) is 3.47. The molecule has 0 aromatic heterocycles. The molecule has 4 aliphatic rings. The van der Waals surface area contributed by atoms with E-state index in [-0.39, 0.29) is 12.2 Å². The molecule has 0 saturated heterocycles. The molecule has 0 aromatic rings. The van der Waals surface area contributed by atoms with Gasteiger partial charge in [0.05, 0.1) is 0 Å². The van der Waals surface area contributed by atoms with Crippen LogP contribution in [0.2, 0.25) is 0 Å². The first-order chi connectivity index (χ1) is 7.42. The van der Waals surface area contributed by atoms with E-state index in [4.69, 9.17) is 4.74 Å². The summed E-state index contributed by atoms with van der Waals surface area (Å²) < 4.78 is 5.80. The molecule has 0 radical (unpaired) electrons. The summed E-state index contributed by atoms with van der Waals surface area (Å²) in [6, 6.07) is 13.1. The van der Waals surface area contributed by atoms with E-state index in [0.29, 0.717) is 0 Å². The first-order valence-electron chi connectivity index (χ1n) is 5.28. The second kappa shape index (κ2) is 2.50. The Kier molecular flexibility index (Phi) is 1.28. The lowest BCUT2D eigenvalue weighted by molar-refractivity contribution is 0.0878. The minimum absolute atomic E-state index is 0.190. The lowest BCUT2D eigenvalue weighted by Crippen LogP contribution is -1.88. The molecular formula is C14H10O. The highest BCUT2D eigenvalue weighted by Crippen LogP contribution is 2.46. The fraction of sp³-hybridized carbons (Fsp3) is 0.143. The fourth-order valence-electron chi connectivity index (χ4n) is 2.57. The number of fused-ring (bicyclic) bond motifs is 6. The molecule has 1 heteroatoms. The molecule has 0 fully saturated rings. The van der Waals surface area contributed by atoms with Crippen molar-refractivity contribution < 1.29 is 4.74 Å². The van der Waals surface area contributed by atoms with E-state index in [1.807, 2.05) is 0 Å². The zero-order chi connectivity index (χ0) is 9.83. The Morgan fingerprint density at radius 1 is 0.800 bits per heavy atom. The Morgan fingerprint density at radius 3 is 2.53 bits per heavy atom. The molecule has 2 aliphatic heterocycles. The van der Waals surface area contributed by atoms with Crippen LogP contribution >= 0.6 is 0 Å². The van der Waals surface area contributed by atoms with Crippen LogP contribution in [0.1, 0.15) is 23.3 Å². The third-order valence-corrected chi connectivity index (χ3v) is 3.34. The normalized spacial score (nSPS) is 26.1. The molecule has 15 heavy (non-hydrogen) atoms. The van der Waals surface area contributed by atoms with Gasteiger partial charge >= 0.3 is 0 Å². The largest absolute Gasteiger partial charge is 0.357 e. The number of hydrogen-bond acceptors (Lipinski definition) is 1. The van der Waals surface area contributed by atoms with Gasteiger partial charge in [0.1, 0.15) is 12.2 Å². The smallest absolute Gasteiger partial charge is 0.102 e. The molecule has 0 unspecified atom stereocenters. The van der Waals surface area contributed by atoms with Gasteiger partial charge in [-0.1, -0.05) is 42.5 Å². The van der Waals surface area contributed by atoms with Gasteiger partial charge in [-0.05, 0) is 28.3 Å². The molecule has 4 rings (SSSR count). The topological polar surface area (TPSA) is 9.23 Å². The van der Waals surface area contributed by atoms with Crippen molar-refractivity contribution in [3.05, 3.63) is 59.7 Å². The SMILES string of the molecule is C1=C[C@H]2O[C@@H]1c1cc3cccc-3ccc12. The van der Waals surface area contributed by atoms with Gasteiger partial charge in [-0.2, -0.15) is 0 Å². The highest BCUT2D eigenvalue weighted by atomic mass is 16.5. The maximum Gasteiger partial charge on any atom is 0.102 e. The molecule has 0 spiro atoms. The van der Waals surface area contributed by atoms with Crippen LogP contribution in [0.3, 0.4) is 0 Å². The highest BCUT2D eigenvalue weighted by molar-refractivity contribution is 5.68. The Labute approximate surface area is 88.3 Å². The van der Waals surface area contributed by atoms with Gasteiger partial charge < -0.3 is 4.74 Å². The molecule has 72 valence electrons. The lowest BCUT2D eigenvalue weighted by Gasteiger charge is -2.01. The molecule has 0 saturated carbocycles. The maximum atomic E-state index is 5.80. The Hall–Kier alpha value is -1.60. The van der Waals surface area contributed by atoms with Crippen LogP contribution in [0.15, 0.2) is 48.6 Å². The Balaban J connectivity index is 2.06. The number of hydrogen-bond donors (Lipinski definition) is 0. The summed E-state index contributed by atoms with van der Waals surface area (Å²) in [6.45, 7) is 0.